The van der Waals surface area contributed by atoms with Crippen LogP contribution in [0.15, 0.2) is 36.7 Å². The largest absolute Gasteiger partial charge is 0.481 e. The number of aromatic amines is 1. The van der Waals surface area contributed by atoms with Crippen LogP contribution in [-0.4, -0.2) is 51.1 Å². The molecular formula is C18H22N6O. The number of rotatable bonds is 5. The Bertz CT molecular complexity index is 807. The highest BCUT2D eigenvalue weighted by atomic mass is 16.5. The highest BCUT2D eigenvalue weighted by molar-refractivity contribution is 5.74. The molecule has 0 atom stereocenters. The van der Waals surface area contributed by atoms with Gasteiger partial charge in [-0.3, -0.25) is 4.90 Å². The van der Waals surface area contributed by atoms with Crippen molar-refractivity contribution in [3.63, 3.8) is 0 Å². The molecule has 3 aromatic rings. The van der Waals surface area contributed by atoms with Crippen LogP contribution >= 0.6 is 0 Å². The van der Waals surface area contributed by atoms with Gasteiger partial charge in [0.25, 0.3) is 0 Å². The molecule has 1 fully saturated rings. The molecule has 0 spiro atoms. The minimum Gasteiger partial charge on any atom is -0.481 e. The quantitative estimate of drug-likeness (QED) is 0.744. The zero-order chi connectivity index (χ0) is 17.1. The van der Waals surface area contributed by atoms with Crippen LogP contribution in [0.1, 0.15) is 18.7 Å². The molecule has 0 amide bonds. The van der Waals surface area contributed by atoms with Crippen molar-refractivity contribution in [2.24, 2.45) is 0 Å². The molecule has 4 rings (SSSR count). The first-order valence-electron chi connectivity index (χ1n) is 8.59. The van der Waals surface area contributed by atoms with Crippen LogP contribution in [0.4, 0.5) is 5.82 Å². The lowest BCUT2D eigenvalue weighted by Gasteiger charge is -2.32. The summed E-state index contributed by atoms with van der Waals surface area (Å²) in [5.74, 6) is 2.44. The van der Waals surface area contributed by atoms with E-state index < -0.39 is 0 Å². The minimum atomic E-state index is 0.423. The lowest BCUT2D eigenvalue weighted by atomic mass is 10.1. The first kappa shape index (κ1) is 15.8. The second kappa shape index (κ2) is 7.06. The third-order valence-corrected chi connectivity index (χ3v) is 4.60. The van der Waals surface area contributed by atoms with Gasteiger partial charge in [0.15, 0.2) is 0 Å². The highest BCUT2D eigenvalue weighted by Crippen LogP contribution is 2.19. The molecule has 2 aromatic heterocycles. The SMILES string of the molecule is COc1cc(NC2CCN(Cc3nc4ccccc4[nH]3)CC2)ncn1. The predicted octanol–water partition coefficient (Wildman–Crippen LogP) is 2.44. The van der Waals surface area contributed by atoms with E-state index in [2.05, 4.69) is 36.2 Å². The van der Waals surface area contributed by atoms with E-state index in [9.17, 15) is 0 Å². The fourth-order valence-electron chi connectivity index (χ4n) is 3.27. The zero-order valence-electron chi connectivity index (χ0n) is 14.3. The van der Waals surface area contributed by atoms with Crippen LogP contribution in [0.5, 0.6) is 5.88 Å². The van der Waals surface area contributed by atoms with Gasteiger partial charge in [0.05, 0.1) is 24.7 Å². The summed E-state index contributed by atoms with van der Waals surface area (Å²) in [6.07, 6.45) is 3.68. The summed E-state index contributed by atoms with van der Waals surface area (Å²) in [5, 5.41) is 3.48. The number of piperidine rings is 1. The average molecular weight is 338 g/mol. The smallest absolute Gasteiger partial charge is 0.218 e. The summed E-state index contributed by atoms with van der Waals surface area (Å²) in [5.41, 5.74) is 2.14. The molecule has 3 heterocycles. The summed E-state index contributed by atoms with van der Waals surface area (Å²) < 4.78 is 5.14. The van der Waals surface area contributed by atoms with Gasteiger partial charge in [-0.05, 0) is 25.0 Å². The van der Waals surface area contributed by atoms with Crippen molar-refractivity contribution in [1.29, 1.82) is 0 Å². The topological polar surface area (TPSA) is 79.0 Å². The number of hydrogen-bond acceptors (Lipinski definition) is 6. The number of methoxy groups -OCH3 is 1. The highest BCUT2D eigenvalue weighted by Gasteiger charge is 2.20. The molecule has 130 valence electrons. The van der Waals surface area contributed by atoms with Gasteiger partial charge in [0.1, 0.15) is 18.0 Å². The first-order valence-corrected chi connectivity index (χ1v) is 8.59. The molecule has 0 bridgehead atoms. The number of H-pyrrole nitrogens is 1. The zero-order valence-corrected chi connectivity index (χ0v) is 14.3. The third-order valence-electron chi connectivity index (χ3n) is 4.60. The second-order valence-electron chi connectivity index (χ2n) is 6.34. The number of benzene rings is 1. The molecular weight excluding hydrogens is 316 g/mol. The van der Waals surface area contributed by atoms with Crippen molar-refractivity contribution < 1.29 is 4.74 Å². The number of likely N-dealkylation sites (tertiary alicyclic amines) is 1. The van der Waals surface area contributed by atoms with Crippen molar-refractivity contribution in [3.05, 3.63) is 42.5 Å². The summed E-state index contributed by atoms with van der Waals surface area (Å²) >= 11 is 0. The maximum Gasteiger partial charge on any atom is 0.218 e. The number of fused-ring (bicyclic) bond motifs is 1. The van der Waals surface area contributed by atoms with Gasteiger partial charge in [-0.25, -0.2) is 15.0 Å². The standard InChI is InChI=1S/C18H22N6O/c1-25-18-10-16(19-12-20-18)21-13-6-8-24(9-7-13)11-17-22-14-4-2-3-5-15(14)23-17/h2-5,10,12-13H,6-9,11H2,1H3,(H,22,23)(H,19,20,21). The molecule has 1 aliphatic heterocycles. The van der Waals surface area contributed by atoms with Crippen LogP contribution in [0.2, 0.25) is 0 Å². The number of imidazole rings is 1. The van der Waals surface area contributed by atoms with Gasteiger partial charge >= 0.3 is 0 Å². The van der Waals surface area contributed by atoms with Crippen LogP contribution < -0.4 is 10.1 Å². The predicted molar refractivity (Wildman–Crippen MR) is 96.6 cm³/mol. The summed E-state index contributed by atoms with van der Waals surface area (Å²) in [4.78, 5) is 18.8. The van der Waals surface area contributed by atoms with Gasteiger partial charge in [0.2, 0.25) is 5.88 Å². The molecule has 1 aromatic carbocycles. The number of nitrogens with zero attached hydrogens (tertiary/aromatic N) is 4. The van der Waals surface area contributed by atoms with Crippen molar-refractivity contribution in [2.75, 3.05) is 25.5 Å². The number of aromatic nitrogens is 4. The van der Waals surface area contributed by atoms with E-state index >= 15 is 0 Å². The number of ether oxygens (including phenoxy) is 1. The Morgan fingerprint density at radius 2 is 2.08 bits per heavy atom. The molecule has 1 aliphatic rings. The molecule has 0 aliphatic carbocycles. The van der Waals surface area contributed by atoms with E-state index in [1.54, 1.807) is 7.11 Å². The van der Waals surface area contributed by atoms with E-state index in [1.165, 1.54) is 6.33 Å². The lowest BCUT2D eigenvalue weighted by Crippen LogP contribution is -2.39. The van der Waals surface area contributed by atoms with Crippen LogP contribution in [0.3, 0.4) is 0 Å². The molecule has 2 N–H and O–H groups in total. The minimum absolute atomic E-state index is 0.423. The van der Waals surface area contributed by atoms with Gasteiger partial charge in [-0.2, -0.15) is 0 Å². The third kappa shape index (κ3) is 3.71. The van der Waals surface area contributed by atoms with Crippen molar-refractivity contribution in [3.8, 4) is 5.88 Å². The molecule has 0 radical (unpaired) electrons. The summed E-state index contributed by atoms with van der Waals surface area (Å²) in [7, 11) is 1.61. The molecule has 25 heavy (non-hydrogen) atoms. The maximum atomic E-state index is 5.14. The van der Waals surface area contributed by atoms with Crippen LogP contribution in [0.25, 0.3) is 11.0 Å². The second-order valence-corrected chi connectivity index (χ2v) is 6.34. The molecule has 0 saturated carbocycles. The Kier molecular flexibility index (Phi) is 4.47. The number of anilines is 1. The van der Waals surface area contributed by atoms with E-state index in [0.29, 0.717) is 11.9 Å². The molecule has 7 nitrogen and oxygen atoms in total. The fourth-order valence-corrected chi connectivity index (χ4v) is 3.27. The Labute approximate surface area is 146 Å². The number of hydrogen-bond donors (Lipinski definition) is 2. The molecule has 0 unspecified atom stereocenters. The monoisotopic (exact) mass is 338 g/mol. The summed E-state index contributed by atoms with van der Waals surface area (Å²) in [6.45, 7) is 2.94. The average Bonchev–Trinajstić information content (AvgIpc) is 3.06. The van der Waals surface area contributed by atoms with Crippen molar-refractivity contribution in [2.45, 2.75) is 25.4 Å². The Balaban J connectivity index is 1.31. The Morgan fingerprint density at radius 3 is 2.88 bits per heavy atom. The van der Waals surface area contributed by atoms with E-state index in [4.69, 9.17) is 4.74 Å². The maximum absolute atomic E-state index is 5.14. The molecule has 1 saturated heterocycles. The van der Waals surface area contributed by atoms with Gasteiger partial charge < -0.3 is 15.0 Å². The molecule has 7 heteroatoms. The van der Waals surface area contributed by atoms with Gasteiger partial charge in [-0.1, -0.05) is 12.1 Å². The van der Waals surface area contributed by atoms with Gasteiger partial charge in [0, 0.05) is 25.2 Å². The Hall–Kier alpha value is -2.67. The number of para-hydroxylation sites is 2. The lowest BCUT2D eigenvalue weighted by molar-refractivity contribution is 0.207. The van der Waals surface area contributed by atoms with Crippen molar-refractivity contribution in [1.82, 2.24) is 24.8 Å². The fraction of sp³-hybridized carbons (Fsp3) is 0.389. The van der Waals surface area contributed by atoms with E-state index in [-0.39, 0.29) is 0 Å². The normalized spacial score (nSPS) is 16.2. The first-order chi connectivity index (χ1) is 12.3. The Morgan fingerprint density at radius 1 is 1.24 bits per heavy atom. The van der Waals surface area contributed by atoms with E-state index in [0.717, 1.165) is 55.2 Å². The summed E-state index contributed by atoms with van der Waals surface area (Å²) in [6, 6.07) is 10.4. The van der Waals surface area contributed by atoms with Crippen LogP contribution in [0, 0.1) is 0 Å². The van der Waals surface area contributed by atoms with Crippen LogP contribution in [-0.2, 0) is 6.54 Å². The van der Waals surface area contributed by atoms with E-state index in [1.807, 2.05) is 24.3 Å². The number of nitrogens with one attached hydrogen (secondary N) is 2. The van der Waals surface area contributed by atoms with Crippen molar-refractivity contribution >= 4 is 16.9 Å². The van der Waals surface area contributed by atoms with Gasteiger partial charge in [-0.15, -0.1) is 0 Å².